The van der Waals surface area contributed by atoms with Crippen molar-refractivity contribution >= 4 is 0 Å². The summed E-state index contributed by atoms with van der Waals surface area (Å²) in [6.07, 6.45) is 6.25. The van der Waals surface area contributed by atoms with Crippen molar-refractivity contribution in [2.75, 3.05) is 13.1 Å². The van der Waals surface area contributed by atoms with Crippen molar-refractivity contribution in [3.63, 3.8) is 0 Å². The Morgan fingerprint density at radius 2 is 1.86 bits per heavy atom. The van der Waals surface area contributed by atoms with Gasteiger partial charge in [-0.3, -0.25) is 4.90 Å². The minimum Gasteiger partial charge on any atom is -0.326 e. The van der Waals surface area contributed by atoms with E-state index < -0.39 is 0 Å². The van der Waals surface area contributed by atoms with Crippen LogP contribution in [0.4, 0.5) is 0 Å². The van der Waals surface area contributed by atoms with Crippen LogP contribution in [0, 0.1) is 5.92 Å². The highest BCUT2D eigenvalue weighted by molar-refractivity contribution is 4.95. The Kier molecular flexibility index (Phi) is 4.36. The molecule has 1 aliphatic rings. The predicted octanol–water partition coefficient (Wildman–Crippen LogP) is 1.79. The molecule has 0 aliphatic heterocycles. The summed E-state index contributed by atoms with van der Waals surface area (Å²) in [6.45, 7) is 11.7. The van der Waals surface area contributed by atoms with Gasteiger partial charge in [0.2, 0.25) is 0 Å². The molecule has 0 amide bonds. The van der Waals surface area contributed by atoms with Crippen LogP contribution in [0.1, 0.15) is 19.8 Å². The van der Waals surface area contributed by atoms with Crippen molar-refractivity contribution in [3.05, 3.63) is 25.3 Å². The van der Waals surface area contributed by atoms with E-state index in [1.54, 1.807) is 0 Å². The fraction of sp³-hybridized carbons (Fsp3) is 0.667. The van der Waals surface area contributed by atoms with Gasteiger partial charge in [0.05, 0.1) is 0 Å². The minimum absolute atomic E-state index is 0.324. The summed E-state index contributed by atoms with van der Waals surface area (Å²) < 4.78 is 0. The summed E-state index contributed by atoms with van der Waals surface area (Å²) in [5, 5.41) is 0. The number of hydrogen-bond acceptors (Lipinski definition) is 2. The van der Waals surface area contributed by atoms with Gasteiger partial charge >= 0.3 is 0 Å². The molecule has 3 atom stereocenters. The third kappa shape index (κ3) is 2.69. The first-order valence-corrected chi connectivity index (χ1v) is 5.40. The van der Waals surface area contributed by atoms with Crippen molar-refractivity contribution < 1.29 is 0 Å². The molecule has 0 saturated heterocycles. The molecule has 0 aromatic rings. The number of nitrogens with zero attached hydrogens (tertiary/aromatic N) is 1. The van der Waals surface area contributed by atoms with Gasteiger partial charge in [-0.15, -0.1) is 13.2 Å². The lowest BCUT2D eigenvalue weighted by molar-refractivity contribution is 0.224. The van der Waals surface area contributed by atoms with Crippen molar-refractivity contribution in [2.45, 2.75) is 31.8 Å². The van der Waals surface area contributed by atoms with Gasteiger partial charge in [0, 0.05) is 25.2 Å². The quantitative estimate of drug-likeness (QED) is 0.676. The zero-order valence-electron chi connectivity index (χ0n) is 9.15. The van der Waals surface area contributed by atoms with Gasteiger partial charge in [-0.1, -0.05) is 19.1 Å². The average Bonchev–Trinajstić information content (AvgIpc) is 2.45. The van der Waals surface area contributed by atoms with E-state index in [0.717, 1.165) is 25.4 Å². The topological polar surface area (TPSA) is 29.3 Å². The van der Waals surface area contributed by atoms with E-state index >= 15 is 0 Å². The molecule has 2 heteroatoms. The molecule has 0 radical (unpaired) electrons. The molecular weight excluding hydrogens is 172 g/mol. The highest BCUT2D eigenvalue weighted by atomic mass is 15.2. The Balaban J connectivity index is 2.57. The van der Waals surface area contributed by atoms with Crippen molar-refractivity contribution in [1.29, 1.82) is 0 Å². The standard InChI is InChI=1S/C12H22N2/c1-4-6-14(7-5-2)12-9-10(3)8-11(12)13/h4-5,10-12H,1-2,6-9,13H2,3H3. The van der Waals surface area contributed by atoms with E-state index in [4.69, 9.17) is 5.73 Å². The molecule has 2 N–H and O–H groups in total. The number of nitrogens with two attached hydrogens (primary N) is 1. The molecular formula is C12H22N2. The Hall–Kier alpha value is -0.600. The molecule has 1 rings (SSSR count). The molecule has 1 aliphatic carbocycles. The smallest absolute Gasteiger partial charge is 0.0256 e. The number of rotatable bonds is 5. The fourth-order valence-corrected chi connectivity index (χ4v) is 2.40. The molecule has 14 heavy (non-hydrogen) atoms. The Morgan fingerprint density at radius 1 is 1.29 bits per heavy atom. The summed E-state index contributed by atoms with van der Waals surface area (Å²) >= 11 is 0. The lowest BCUT2D eigenvalue weighted by atomic mass is 10.1. The summed E-state index contributed by atoms with van der Waals surface area (Å²) in [6, 6.07) is 0.839. The first kappa shape index (κ1) is 11.5. The van der Waals surface area contributed by atoms with E-state index in [1.165, 1.54) is 6.42 Å². The molecule has 80 valence electrons. The second kappa shape index (κ2) is 5.32. The predicted molar refractivity (Wildman–Crippen MR) is 62.1 cm³/mol. The summed E-state index contributed by atoms with van der Waals surface area (Å²) in [5.41, 5.74) is 6.12. The normalized spacial score (nSPS) is 32.1. The van der Waals surface area contributed by atoms with Crippen LogP contribution < -0.4 is 5.73 Å². The van der Waals surface area contributed by atoms with Crippen LogP contribution in [0.3, 0.4) is 0 Å². The van der Waals surface area contributed by atoms with Gasteiger partial charge in [0.25, 0.3) is 0 Å². The van der Waals surface area contributed by atoms with E-state index in [-0.39, 0.29) is 0 Å². The van der Waals surface area contributed by atoms with E-state index in [0.29, 0.717) is 12.1 Å². The maximum atomic E-state index is 6.12. The van der Waals surface area contributed by atoms with Gasteiger partial charge in [-0.25, -0.2) is 0 Å². The highest BCUT2D eigenvalue weighted by Gasteiger charge is 2.32. The maximum Gasteiger partial charge on any atom is 0.0256 e. The number of hydrogen-bond donors (Lipinski definition) is 1. The zero-order valence-corrected chi connectivity index (χ0v) is 9.15. The monoisotopic (exact) mass is 194 g/mol. The molecule has 0 aromatic carbocycles. The molecule has 1 fully saturated rings. The van der Waals surface area contributed by atoms with Gasteiger partial charge in [0.15, 0.2) is 0 Å². The van der Waals surface area contributed by atoms with Crippen molar-refractivity contribution in [1.82, 2.24) is 4.90 Å². The molecule has 0 bridgehead atoms. The average molecular weight is 194 g/mol. The van der Waals surface area contributed by atoms with E-state index in [9.17, 15) is 0 Å². The van der Waals surface area contributed by atoms with E-state index in [2.05, 4.69) is 25.0 Å². The lowest BCUT2D eigenvalue weighted by Gasteiger charge is -2.29. The third-order valence-corrected chi connectivity index (χ3v) is 3.01. The first-order chi connectivity index (χ1) is 6.69. The highest BCUT2D eigenvalue weighted by Crippen LogP contribution is 2.27. The summed E-state index contributed by atoms with van der Waals surface area (Å²) in [4.78, 5) is 2.37. The largest absolute Gasteiger partial charge is 0.326 e. The van der Waals surface area contributed by atoms with Gasteiger partial charge in [0.1, 0.15) is 0 Å². The van der Waals surface area contributed by atoms with Crippen LogP contribution in [0.2, 0.25) is 0 Å². The van der Waals surface area contributed by atoms with Gasteiger partial charge < -0.3 is 5.73 Å². The van der Waals surface area contributed by atoms with Gasteiger partial charge in [-0.2, -0.15) is 0 Å². The van der Waals surface area contributed by atoms with Gasteiger partial charge in [-0.05, 0) is 18.8 Å². The Labute approximate surface area is 87.5 Å². The van der Waals surface area contributed by atoms with Crippen molar-refractivity contribution in [2.24, 2.45) is 11.7 Å². The Morgan fingerprint density at radius 3 is 2.21 bits per heavy atom. The zero-order chi connectivity index (χ0) is 10.6. The second-order valence-electron chi connectivity index (χ2n) is 4.34. The van der Waals surface area contributed by atoms with Crippen LogP contribution in [0.15, 0.2) is 25.3 Å². The molecule has 1 saturated carbocycles. The van der Waals surface area contributed by atoms with Crippen LogP contribution in [0.5, 0.6) is 0 Å². The third-order valence-electron chi connectivity index (χ3n) is 3.01. The second-order valence-corrected chi connectivity index (χ2v) is 4.34. The van der Waals surface area contributed by atoms with Crippen LogP contribution in [-0.2, 0) is 0 Å². The summed E-state index contributed by atoms with van der Waals surface area (Å²) in [5.74, 6) is 0.757. The van der Waals surface area contributed by atoms with Crippen LogP contribution in [-0.4, -0.2) is 30.1 Å². The first-order valence-electron chi connectivity index (χ1n) is 5.40. The SMILES string of the molecule is C=CCN(CC=C)C1CC(C)CC1N. The van der Waals surface area contributed by atoms with Crippen LogP contribution in [0.25, 0.3) is 0 Å². The van der Waals surface area contributed by atoms with E-state index in [1.807, 2.05) is 12.2 Å². The molecule has 0 aromatic heterocycles. The summed E-state index contributed by atoms with van der Waals surface area (Å²) in [7, 11) is 0. The Bertz CT molecular complexity index is 190. The molecule has 2 nitrogen and oxygen atoms in total. The fourth-order valence-electron chi connectivity index (χ4n) is 2.40. The lowest BCUT2D eigenvalue weighted by Crippen LogP contribution is -2.44. The molecule has 3 unspecified atom stereocenters. The molecule has 0 spiro atoms. The van der Waals surface area contributed by atoms with Crippen molar-refractivity contribution in [3.8, 4) is 0 Å². The maximum absolute atomic E-state index is 6.12. The minimum atomic E-state index is 0.324. The van der Waals surface area contributed by atoms with Crippen LogP contribution >= 0.6 is 0 Å². The molecule has 0 heterocycles.